The highest BCUT2D eigenvalue weighted by Gasteiger charge is 2.41. The molecule has 1 fully saturated rings. The smallest absolute Gasteiger partial charge is 0.119 e. The van der Waals surface area contributed by atoms with Gasteiger partial charge in [0.1, 0.15) is 5.75 Å². The van der Waals surface area contributed by atoms with Crippen molar-refractivity contribution in [2.45, 2.75) is 62.3 Å². The fourth-order valence-corrected chi connectivity index (χ4v) is 6.81. The molecule has 35 heavy (non-hydrogen) atoms. The summed E-state index contributed by atoms with van der Waals surface area (Å²) in [5, 5.41) is 0. The lowest BCUT2D eigenvalue weighted by atomic mass is 9.70. The molecule has 5 rings (SSSR count). The van der Waals surface area contributed by atoms with E-state index in [0.717, 1.165) is 31.6 Å². The number of hydrogen-bond donors (Lipinski definition) is 1. The summed E-state index contributed by atoms with van der Waals surface area (Å²) >= 11 is 0. The van der Waals surface area contributed by atoms with Gasteiger partial charge in [-0.1, -0.05) is 73.2 Å². The Hall–Kier alpha value is -2.62. The van der Waals surface area contributed by atoms with Crippen molar-refractivity contribution in [3.63, 3.8) is 0 Å². The average molecular weight is 469 g/mol. The van der Waals surface area contributed by atoms with Gasteiger partial charge in [0.2, 0.25) is 0 Å². The molecule has 1 heterocycles. The zero-order chi connectivity index (χ0) is 24.1. The van der Waals surface area contributed by atoms with Crippen LogP contribution in [0.15, 0.2) is 78.9 Å². The van der Waals surface area contributed by atoms with Crippen LogP contribution in [-0.2, 0) is 18.3 Å². The Morgan fingerprint density at radius 3 is 2.26 bits per heavy atom. The van der Waals surface area contributed by atoms with Crippen molar-refractivity contribution in [3.05, 3.63) is 101 Å². The highest BCUT2D eigenvalue weighted by atomic mass is 16.5. The molecule has 2 N–H and O–H groups in total. The van der Waals surface area contributed by atoms with Gasteiger partial charge >= 0.3 is 0 Å². The Balaban J connectivity index is 1.35. The second kappa shape index (κ2) is 10.6. The van der Waals surface area contributed by atoms with E-state index in [0.29, 0.717) is 12.1 Å². The van der Waals surface area contributed by atoms with Crippen LogP contribution in [0.2, 0.25) is 0 Å². The summed E-state index contributed by atoms with van der Waals surface area (Å²) in [5.41, 5.74) is 12.4. The van der Waals surface area contributed by atoms with E-state index in [1.807, 2.05) is 0 Å². The lowest BCUT2D eigenvalue weighted by Crippen LogP contribution is -2.55. The topological polar surface area (TPSA) is 38.5 Å². The summed E-state index contributed by atoms with van der Waals surface area (Å²) in [6, 6.07) is 28.5. The lowest BCUT2D eigenvalue weighted by Gasteiger charge is -2.50. The highest BCUT2D eigenvalue weighted by Crippen LogP contribution is 2.42. The minimum Gasteiger partial charge on any atom is -0.497 e. The van der Waals surface area contributed by atoms with E-state index in [9.17, 15) is 0 Å². The summed E-state index contributed by atoms with van der Waals surface area (Å²) in [5.74, 6) is 0.986. The number of nitrogens with two attached hydrogens (primary N) is 1. The van der Waals surface area contributed by atoms with Gasteiger partial charge in [0, 0.05) is 17.5 Å². The summed E-state index contributed by atoms with van der Waals surface area (Å²) in [6.07, 6.45) is 9.79. The fraction of sp³-hybridized carbons (Fsp3) is 0.438. The summed E-state index contributed by atoms with van der Waals surface area (Å²) in [7, 11) is 1.77. The Morgan fingerprint density at radius 1 is 0.886 bits per heavy atom. The van der Waals surface area contributed by atoms with Gasteiger partial charge < -0.3 is 10.5 Å². The number of likely N-dealkylation sites (tertiary alicyclic amines) is 1. The fourth-order valence-electron chi connectivity index (χ4n) is 6.81. The van der Waals surface area contributed by atoms with Crippen molar-refractivity contribution in [2.75, 3.05) is 26.7 Å². The first-order valence-electron chi connectivity index (χ1n) is 13.4. The standard InChI is InChI=1S/C32H40N2O/c1-35-30-16-15-27-24-31(20-17-26(27)23-30)18-8-9-21-34(31)22-10-19-32(25-33,28-11-4-2-5-12-28)29-13-6-3-7-14-29/h2-7,11-16,23H,8-10,17-22,24-25,33H2,1H3. The first kappa shape index (κ1) is 24.1. The Labute approximate surface area is 211 Å². The third kappa shape index (κ3) is 4.77. The number of fused-ring (bicyclic) bond motifs is 1. The number of hydrogen-bond acceptors (Lipinski definition) is 3. The van der Waals surface area contributed by atoms with Gasteiger partial charge in [-0.15, -0.1) is 0 Å². The van der Waals surface area contributed by atoms with Gasteiger partial charge in [0.05, 0.1) is 7.11 Å². The van der Waals surface area contributed by atoms with Crippen LogP contribution < -0.4 is 10.5 Å². The van der Waals surface area contributed by atoms with Crippen molar-refractivity contribution >= 4 is 0 Å². The zero-order valence-corrected chi connectivity index (χ0v) is 21.2. The first-order valence-corrected chi connectivity index (χ1v) is 13.4. The third-order valence-corrected chi connectivity index (χ3v) is 8.82. The molecule has 3 nitrogen and oxygen atoms in total. The molecule has 1 aliphatic heterocycles. The molecular weight excluding hydrogens is 428 g/mol. The molecule has 3 heteroatoms. The summed E-state index contributed by atoms with van der Waals surface area (Å²) < 4.78 is 5.49. The Kier molecular flexibility index (Phi) is 7.27. The predicted molar refractivity (Wildman–Crippen MR) is 145 cm³/mol. The lowest BCUT2D eigenvalue weighted by molar-refractivity contribution is 0.0315. The van der Waals surface area contributed by atoms with Crippen molar-refractivity contribution in [1.29, 1.82) is 0 Å². The van der Waals surface area contributed by atoms with E-state index in [2.05, 4.69) is 83.8 Å². The van der Waals surface area contributed by atoms with Crippen LogP contribution in [0.25, 0.3) is 0 Å². The molecule has 1 aliphatic carbocycles. The first-order chi connectivity index (χ1) is 17.2. The molecular formula is C32H40N2O. The molecule has 3 aromatic carbocycles. The average Bonchev–Trinajstić information content (AvgIpc) is 2.93. The largest absolute Gasteiger partial charge is 0.497 e. The van der Waals surface area contributed by atoms with Crippen LogP contribution in [0.1, 0.15) is 60.8 Å². The molecule has 0 radical (unpaired) electrons. The van der Waals surface area contributed by atoms with E-state index < -0.39 is 0 Å². The Bertz CT molecular complexity index is 1060. The molecule has 184 valence electrons. The van der Waals surface area contributed by atoms with Gasteiger partial charge in [0.25, 0.3) is 0 Å². The number of benzene rings is 3. The quantitative estimate of drug-likeness (QED) is 0.432. The van der Waals surface area contributed by atoms with Crippen LogP contribution in [0.3, 0.4) is 0 Å². The molecule has 1 atom stereocenters. The van der Waals surface area contributed by atoms with Crippen LogP contribution in [0.4, 0.5) is 0 Å². The van der Waals surface area contributed by atoms with Crippen molar-refractivity contribution < 1.29 is 4.74 Å². The van der Waals surface area contributed by atoms with E-state index in [4.69, 9.17) is 10.5 Å². The number of piperidine rings is 1. The third-order valence-electron chi connectivity index (χ3n) is 8.82. The van der Waals surface area contributed by atoms with E-state index in [-0.39, 0.29) is 5.41 Å². The number of aryl methyl sites for hydroxylation is 1. The second-order valence-corrected chi connectivity index (χ2v) is 10.6. The molecule has 2 aliphatic rings. The normalized spacial score (nSPS) is 20.5. The number of rotatable bonds is 8. The molecule has 0 aromatic heterocycles. The van der Waals surface area contributed by atoms with E-state index >= 15 is 0 Å². The number of methoxy groups -OCH3 is 1. The summed E-state index contributed by atoms with van der Waals surface area (Å²) in [4.78, 5) is 2.85. The van der Waals surface area contributed by atoms with E-state index in [1.54, 1.807) is 7.11 Å². The molecule has 1 unspecified atom stereocenters. The van der Waals surface area contributed by atoms with Gasteiger partial charge in [0.15, 0.2) is 0 Å². The maximum atomic E-state index is 6.58. The highest BCUT2D eigenvalue weighted by molar-refractivity contribution is 5.41. The van der Waals surface area contributed by atoms with Gasteiger partial charge in [-0.25, -0.2) is 0 Å². The maximum absolute atomic E-state index is 6.58. The van der Waals surface area contributed by atoms with Gasteiger partial charge in [-0.05, 0) is 92.4 Å². The van der Waals surface area contributed by atoms with Crippen molar-refractivity contribution in [2.24, 2.45) is 5.73 Å². The molecule has 0 bridgehead atoms. The maximum Gasteiger partial charge on any atom is 0.119 e. The molecule has 0 amide bonds. The molecule has 3 aromatic rings. The minimum atomic E-state index is -0.138. The van der Waals surface area contributed by atoms with Crippen molar-refractivity contribution in [3.8, 4) is 5.75 Å². The molecule has 1 saturated heterocycles. The zero-order valence-electron chi connectivity index (χ0n) is 21.2. The molecule has 0 saturated carbocycles. The van der Waals surface area contributed by atoms with Crippen LogP contribution in [0.5, 0.6) is 5.75 Å². The molecule has 1 spiro atoms. The monoisotopic (exact) mass is 468 g/mol. The van der Waals surface area contributed by atoms with E-state index in [1.165, 1.54) is 60.9 Å². The van der Waals surface area contributed by atoms with Crippen molar-refractivity contribution in [1.82, 2.24) is 4.90 Å². The van der Waals surface area contributed by atoms with Gasteiger partial charge in [-0.3, -0.25) is 4.90 Å². The summed E-state index contributed by atoms with van der Waals surface area (Å²) in [6.45, 7) is 2.99. The minimum absolute atomic E-state index is 0.138. The Morgan fingerprint density at radius 2 is 1.60 bits per heavy atom. The number of nitrogens with zero attached hydrogens (tertiary/aromatic N) is 1. The predicted octanol–water partition coefficient (Wildman–Crippen LogP) is 6.13. The number of ether oxygens (including phenoxy) is 1. The van der Waals surface area contributed by atoms with Crippen LogP contribution in [0, 0.1) is 0 Å². The van der Waals surface area contributed by atoms with Crippen LogP contribution >= 0.6 is 0 Å². The van der Waals surface area contributed by atoms with Gasteiger partial charge in [-0.2, -0.15) is 0 Å². The second-order valence-electron chi connectivity index (χ2n) is 10.6. The van der Waals surface area contributed by atoms with Crippen LogP contribution in [-0.4, -0.2) is 37.2 Å². The SMILES string of the molecule is COc1ccc2c(c1)CCC1(CCCCN1CCCC(CN)(c1ccccc1)c1ccccc1)C2.